The van der Waals surface area contributed by atoms with E-state index in [1.54, 1.807) is 11.0 Å². The predicted octanol–water partition coefficient (Wildman–Crippen LogP) is 4.08. The molecule has 2 aliphatic heterocycles. The van der Waals surface area contributed by atoms with Crippen molar-refractivity contribution in [3.8, 4) is 11.1 Å². The lowest BCUT2D eigenvalue weighted by molar-refractivity contribution is -0.130. The lowest BCUT2D eigenvalue weighted by Gasteiger charge is -2.34. The number of amides is 2. The lowest BCUT2D eigenvalue weighted by atomic mass is 9.89. The van der Waals surface area contributed by atoms with Crippen LogP contribution in [0.2, 0.25) is 10.0 Å². The van der Waals surface area contributed by atoms with Gasteiger partial charge in [-0.2, -0.15) is 4.31 Å². The quantitative estimate of drug-likeness (QED) is 0.321. The van der Waals surface area contributed by atoms with Gasteiger partial charge >= 0.3 is 0 Å². The number of hydrogen-bond acceptors (Lipinski definition) is 7. The minimum Gasteiger partial charge on any atom is -0.340 e. The molecule has 1 fully saturated rings. The van der Waals surface area contributed by atoms with Crippen molar-refractivity contribution >= 4 is 56.7 Å². The topological polar surface area (TPSA) is 122 Å². The number of anilines is 2. The molecule has 11 nitrogen and oxygen atoms in total. The van der Waals surface area contributed by atoms with Gasteiger partial charge in [0.05, 0.1) is 11.9 Å². The highest BCUT2D eigenvalue weighted by atomic mass is 35.5. The van der Waals surface area contributed by atoms with Crippen molar-refractivity contribution in [2.75, 3.05) is 31.1 Å². The molecule has 6 rings (SSSR count). The molecule has 43 heavy (non-hydrogen) atoms. The first-order valence-corrected chi connectivity index (χ1v) is 15.3. The molecule has 0 saturated carbocycles. The van der Waals surface area contributed by atoms with Crippen molar-refractivity contribution in [3.05, 3.63) is 82.7 Å². The van der Waals surface area contributed by atoms with E-state index in [4.69, 9.17) is 23.2 Å². The second kappa shape index (κ2) is 10.7. The first-order valence-electron chi connectivity index (χ1n) is 13.1. The Balaban J connectivity index is 1.51. The highest BCUT2D eigenvalue weighted by molar-refractivity contribution is 7.89. The van der Waals surface area contributed by atoms with E-state index < -0.39 is 27.3 Å². The van der Waals surface area contributed by atoms with Crippen molar-refractivity contribution in [1.82, 2.24) is 28.7 Å². The summed E-state index contributed by atoms with van der Waals surface area (Å²) in [5.41, 5.74) is -0.671. The lowest BCUT2D eigenvalue weighted by Crippen LogP contribution is -2.50. The van der Waals surface area contributed by atoms with Crippen molar-refractivity contribution in [2.45, 2.75) is 24.4 Å². The summed E-state index contributed by atoms with van der Waals surface area (Å²) in [4.78, 5) is 41.3. The third-order valence-corrected chi connectivity index (χ3v) is 10.1. The van der Waals surface area contributed by atoms with Gasteiger partial charge in [0.2, 0.25) is 11.9 Å². The maximum Gasteiger partial charge on any atom is 0.264 e. The van der Waals surface area contributed by atoms with Crippen LogP contribution in [-0.2, 0) is 25.2 Å². The molecule has 222 valence electrons. The number of carbonyl (C=O) groups is 2. The van der Waals surface area contributed by atoms with Crippen LogP contribution in [0, 0.1) is 5.82 Å². The van der Waals surface area contributed by atoms with Gasteiger partial charge in [-0.3, -0.25) is 14.2 Å². The molecule has 1 atom stereocenters. The highest BCUT2D eigenvalue weighted by Gasteiger charge is 2.53. The molecular formula is C28H24Cl2FN7O4S. The molecule has 0 aliphatic carbocycles. The Morgan fingerprint density at radius 1 is 0.977 bits per heavy atom. The van der Waals surface area contributed by atoms with E-state index in [1.807, 2.05) is 0 Å². The molecule has 2 aliphatic rings. The minimum atomic E-state index is -4.22. The Kier molecular flexibility index (Phi) is 7.24. The van der Waals surface area contributed by atoms with Gasteiger partial charge in [-0.05, 0) is 36.8 Å². The van der Waals surface area contributed by atoms with E-state index in [0.717, 1.165) is 0 Å². The first kappa shape index (κ1) is 29.2. The monoisotopic (exact) mass is 643 g/mol. The van der Waals surface area contributed by atoms with Crippen LogP contribution < -0.4 is 4.90 Å². The molecule has 0 radical (unpaired) electrons. The number of benzene rings is 2. The molecule has 2 amide bonds. The number of fused-ring (bicyclic) bond motifs is 1. The van der Waals surface area contributed by atoms with Crippen molar-refractivity contribution in [3.63, 3.8) is 0 Å². The molecule has 0 N–H and O–H groups in total. The third-order valence-electron chi connectivity index (χ3n) is 7.77. The second-order valence-corrected chi connectivity index (χ2v) is 13.1. The van der Waals surface area contributed by atoms with Gasteiger partial charge in [0.15, 0.2) is 10.6 Å². The van der Waals surface area contributed by atoms with Crippen LogP contribution in [0.25, 0.3) is 11.1 Å². The molecule has 0 unspecified atom stereocenters. The SMILES string of the molecule is CC(=O)N1CCN(S(=O)(=O)c2cnc3n2[C@](C)(c2ccc(-c4cncnc4)c(F)c2)C(=O)N3c2cc(Cl)cc(Cl)c2)CC1. The fraction of sp³-hybridized carbons (Fsp3) is 0.250. The van der Waals surface area contributed by atoms with Crippen LogP contribution in [0.5, 0.6) is 0 Å². The second-order valence-electron chi connectivity index (χ2n) is 10.3. The summed E-state index contributed by atoms with van der Waals surface area (Å²) in [6, 6.07) is 8.75. The average molecular weight is 645 g/mol. The third kappa shape index (κ3) is 4.76. The molecule has 0 spiro atoms. The maximum atomic E-state index is 15.6. The summed E-state index contributed by atoms with van der Waals surface area (Å²) in [6.45, 7) is 3.49. The Morgan fingerprint density at radius 2 is 1.63 bits per heavy atom. The standard InChI is InChI=1S/C28H24Cl2FN7O4S/c1-17(39)35-5-7-36(8-6-35)43(41,42)25-15-34-27-37(22-11-20(29)10-21(30)12-22)26(40)28(2,38(25)27)19-3-4-23(24(31)9-19)18-13-32-16-33-14-18/h3-4,9-16H,5-8H2,1-2H3/t28-/m1/s1. The highest BCUT2D eigenvalue weighted by Crippen LogP contribution is 2.47. The number of rotatable bonds is 5. The summed E-state index contributed by atoms with van der Waals surface area (Å²) in [5, 5.41) is 0.239. The van der Waals surface area contributed by atoms with Crippen molar-refractivity contribution < 1.29 is 22.4 Å². The Bertz CT molecular complexity index is 1860. The number of nitrogens with zero attached hydrogens (tertiary/aromatic N) is 7. The van der Waals surface area contributed by atoms with E-state index >= 15 is 4.39 Å². The van der Waals surface area contributed by atoms with Crippen LogP contribution in [0.3, 0.4) is 0 Å². The predicted molar refractivity (Wildman–Crippen MR) is 157 cm³/mol. The molecule has 15 heteroatoms. The van der Waals surface area contributed by atoms with Crippen LogP contribution in [0.15, 0.2) is 66.3 Å². The Morgan fingerprint density at radius 3 is 2.23 bits per heavy atom. The summed E-state index contributed by atoms with van der Waals surface area (Å²) in [5.74, 6) is -1.41. The summed E-state index contributed by atoms with van der Waals surface area (Å²) in [7, 11) is -4.22. The van der Waals surface area contributed by atoms with Gasteiger partial charge in [0.1, 0.15) is 12.1 Å². The van der Waals surface area contributed by atoms with Crippen LogP contribution >= 0.6 is 23.2 Å². The number of aromatic nitrogens is 4. The first-order chi connectivity index (χ1) is 20.4. The van der Waals surface area contributed by atoms with Gasteiger partial charge in [0.25, 0.3) is 15.9 Å². The van der Waals surface area contributed by atoms with Crippen LogP contribution in [0.4, 0.5) is 16.0 Å². The van der Waals surface area contributed by atoms with E-state index in [0.29, 0.717) is 5.56 Å². The maximum absolute atomic E-state index is 15.6. The number of carbonyl (C=O) groups excluding carboxylic acids is 2. The van der Waals surface area contributed by atoms with Gasteiger partial charge in [-0.25, -0.2) is 32.7 Å². The van der Waals surface area contributed by atoms with Gasteiger partial charge in [0, 0.05) is 66.7 Å². The Hall–Kier alpha value is -3.91. The number of halogens is 3. The fourth-order valence-electron chi connectivity index (χ4n) is 5.51. The van der Waals surface area contributed by atoms with Crippen LogP contribution in [-0.4, -0.2) is 75.1 Å². The molecule has 0 bridgehead atoms. The molecule has 2 aromatic carbocycles. The molecule has 4 aromatic rings. The van der Waals surface area contributed by atoms with Crippen LogP contribution in [0.1, 0.15) is 19.4 Å². The number of imidazole rings is 1. The zero-order valence-corrected chi connectivity index (χ0v) is 25.2. The summed E-state index contributed by atoms with van der Waals surface area (Å²) < 4.78 is 46.3. The van der Waals surface area contributed by atoms with Gasteiger partial charge < -0.3 is 4.90 Å². The van der Waals surface area contributed by atoms with E-state index in [1.165, 1.54) is 82.9 Å². The molecule has 4 heterocycles. The number of piperazine rings is 1. The Labute approximate surface area is 256 Å². The summed E-state index contributed by atoms with van der Waals surface area (Å²) in [6.07, 6.45) is 5.43. The normalized spacial score (nSPS) is 19.1. The zero-order valence-electron chi connectivity index (χ0n) is 22.9. The molecular weight excluding hydrogens is 620 g/mol. The fourth-order valence-corrected chi connectivity index (χ4v) is 7.61. The van der Waals surface area contributed by atoms with E-state index in [-0.39, 0.29) is 69.9 Å². The van der Waals surface area contributed by atoms with Crippen molar-refractivity contribution in [1.29, 1.82) is 0 Å². The summed E-state index contributed by atoms with van der Waals surface area (Å²) >= 11 is 12.5. The van der Waals surface area contributed by atoms with Gasteiger partial charge in [-0.15, -0.1) is 0 Å². The average Bonchev–Trinajstić information content (AvgIpc) is 3.51. The van der Waals surface area contributed by atoms with E-state index in [2.05, 4.69) is 15.0 Å². The molecule has 2 aromatic heterocycles. The minimum absolute atomic E-state index is 0.00674. The van der Waals surface area contributed by atoms with Crippen molar-refractivity contribution in [2.24, 2.45) is 0 Å². The zero-order chi connectivity index (χ0) is 30.7. The van der Waals surface area contributed by atoms with E-state index in [9.17, 15) is 18.0 Å². The number of hydrogen-bond donors (Lipinski definition) is 0. The molecule has 1 saturated heterocycles. The van der Waals surface area contributed by atoms with Gasteiger partial charge in [-0.1, -0.05) is 35.3 Å². The smallest absolute Gasteiger partial charge is 0.264 e. The largest absolute Gasteiger partial charge is 0.340 e. The number of sulfonamides is 1.